The summed E-state index contributed by atoms with van der Waals surface area (Å²) in [6.07, 6.45) is 0. The minimum absolute atomic E-state index is 0. The van der Waals surface area contributed by atoms with Gasteiger partial charge in [-0.2, -0.15) is 0 Å². The summed E-state index contributed by atoms with van der Waals surface area (Å²) in [6, 6.07) is 6.25. The molecule has 0 amide bonds. The van der Waals surface area contributed by atoms with Gasteiger partial charge in [-0.25, -0.2) is 13.1 Å². The highest BCUT2D eigenvalue weighted by molar-refractivity contribution is 7.89. The highest BCUT2D eigenvalue weighted by atomic mass is 35.5. The summed E-state index contributed by atoms with van der Waals surface area (Å²) >= 11 is 0. The van der Waals surface area contributed by atoms with E-state index >= 15 is 0 Å². The van der Waals surface area contributed by atoms with Crippen molar-refractivity contribution in [3.05, 3.63) is 24.3 Å². The van der Waals surface area contributed by atoms with Crippen LogP contribution in [0, 0.1) is 0 Å². The Morgan fingerprint density at radius 3 is 2.27 bits per heavy atom. The van der Waals surface area contributed by atoms with Gasteiger partial charge in [0.25, 0.3) is 0 Å². The third kappa shape index (κ3) is 3.70. The van der Waals surface area contributed by atoms with Gasteiger partial charge < -0.3 is 5.73 Å². The molecule has 4 nitrogen and oxygen atoms in total. The topological polar surface area (TPSA) is 72.2 Å². The van der Waals surface area contributed by atoms with E-state index in [4.69, 9.17) is 5.73 Å². The molecule has 0 bridgehead atoms. The van der Waals surface area contributed by atoms with Crippen molar-refractivity contribution in [1.82, 2.24) is 4.72 Å². The van der Waals surface area contributed by atoms with Gasteiger partial charge in [-0.1, -0.05) is 12.1 Å². The van der Waals surface area contributed by atoms with E-state index in [0.717, 1.165) is 0 Å². The average Bonchev–Trinajstić information content (AvgIpc) is 2.02. The smallest absolute Gasteiger partial charge is 0.242 e. The monoisotopic (exact) mass is 250 g/mol. The van der Waals surface area contributed by atoms with Gasteiger partial charge in [0.2, 0.25) is 10.0 Å². The molecule has 0 atom stereocenters. The third-order valence-corrected chi connectivity index (χ3v) is 3.33. The molecule has 0 aliphatic rings. The zero-order chi connectivity index (χ0) is 10.8. The number of rotatable bonds is 3. The number of hydrogen-bond donors (Lipinski definition) is 2. The number of hydrogen-bond acceptors (Lipinski definition) is 3. The standard InChI is InChI=1S/C9H14N2O2S.ClH/c1-7(2)11-14(12,13)9-6-4-3-5-8(9)10;/h3-7,11H,10H2,1-2H3;1H. The molecular formula is C9H15ClN2O2S. The summed E-state index contributed by atoms with van der Waals surface area (Å²) in [6.45, 7) is 3.52. The quantitative estimate of drug-likeness (QED) is 0.796. The number of benzene rings is 1. The van der Waals surface area contributed by atoms with E-state index in [-0.39, 0.29) is 29.0 Å². The molecule has 15 heavy (non-hydrogen) atoms. The van der Waals surface area contributed by atoms with E-state index in [9.17, 15) is 8.42 Å². The van der Waals surface area contributed by atoms with Crippen LogP contribution in [0.5, 0.6) is 0 Å². The van der Waals surface area contributed by atoms with E-state index in [1.807, 2.05) is 0 Å². The Morgan fingerprint density at radius 2 is 1.80 bits per heavy atom. The van der Waals surface area contributed by atoms with Crippen molar-refractivity contribution in [3.63, 3.8) is 0 Å². The normalized spacial score (nSPS) is 11.1. The minimum Gasteiger partial charge on any atom is -0.398 e. The fourth-order valence-electron chi connectivity index (χ4n) is 1.10. The summed E-state index contributed by atoms with van der Waals surface area (Å²) in [7, 11) is -3.47. The van der Waals surface area contributed by atoms with Crippen LogP contribution in [0.15, 0.2) is 29.2 Å². The van der Waals surface area contributed by atoms with Crippen molar-refractivity contribution in [2.24, 2.45) is 0 Å². The number of halogens is 1. The Kier molecular flexibility index (Phi) is 5.07. The Morgan fingerprint density at radius 1 is 1.27 bits per heavy atom. The summed E-state index contributed by atoms with van der Waals surface area (Å²) < 4.78 is 25.8. The van der Waals surface area contributed by atoms with Gasteiger partial charge in [0, 0.05) is 6.04 Å². The SMILES string of the molecule is CC(C)NS(=O)(=O)c1ccccc1N.Cl. The molecule has 0 aliphatic carbocycles. The Balaban J connectivity index is 0.00000196. The van der Waals surface area contributed by atoms with Crippen LogP contribution < -0.4 is 10.5 Å². The summed E-state index contributed by atoms with van der Waals surface area (Å²) in [5, 5.41) is 0. The Hall–Kier alpha value is -0.780. The maximum absolute atomic E-state index is 11.7. The molecule has 0 saturated heterocycles. The van der Waals surface area contributed by atoms with Crippen molar-refractivity contribution in [3.8, 4) is 0 Å². The molecule has 1 aromatic rings. The average molecular weight is 251 g/mol. The summed E-state index contributed by atoms with van der Waals surface area (Å²) in [5.41, 5.74) is 5.83. The molecule has 0 spiro atoms. The lowest BCUT2D eigenvalue weighted by atomic mass is 10.3. The van der Waals surface area contributed by atoms with Crippen LogP contribution in [0.4, 0.5) is 5.69 Å². The zero-order valence-electron chi connectivity index (χ0n) is 8.60. The van der Waals surface area contributed by atoms with Crippen molar-refractivity contribution >= 4 is 28.1 Å². The molecule has 0 heterocycles. The molecule has 1 aromatic carbocycles. The predicted octanol–water partition coefficient (Wildman–Crippen LogP) is 1.38. The maximum Gasteiger partial charge on any atom is 0.242 e. The van der Waals surface area contributed by atoms with Crippen molar-refractivity contribution in [1.29, 1.82) is 0 Å². The first-order valence-corrected chi connectivity index (χ1v) is 5.78. The molecule has 0 radical (unpaired) electrons. The number of nitrogen functional groups attached to an aromatic ring is 1. The van der Waals surface area contributed by atoms with Gasteiger partial charge in [-0.05, 0) is 26.0 Å². The highest BCUT2D eigenvalue weighted by Gasteiger charge is 2.17. The van der Waals surface area contributed by atoms with Crippen LogP contribution >= 0.6 is 12.4 Å². The molecule has 0 saturated carbocycles. The lowest BCUT2D eigenvalue weighted by Crippen LogP contribution is -2.30. The van der Waals surface area contributed by atoms with Crippen LogP contribution in [0.25, 0.3) is 0 Å². The molecule has 0 aromatic heterocycles. The lowest BCUT2D eigenvalue weighted by Gasteiger charge is -2.10. The number of nitrogens with two attached hydrogens (primary N) is 1. The lowest BCUT2D eigenvalue weighted by molar-refractivity contribution is 0.570. The van der Waals surface area contributed by atoms with Crippen LogP contribution in [0.1, 0.15) is 13.8 Å². The van der Waals surface area contributed by atoms with Gasteiger partial charge in [-0.3, -0.25) is 0 Å². The van der Waals surface area contributed by atoms with Crippen molar-refractivity contribution in [2.75, 3.05) is 5.73 Å². The molecule has 1 rings (SSSR count). The zero-order valence-corrected chi connectivity index (χ0v) is 10.2. The Labute approximate surface area is 96.3 Å². The van der Waals surface area contributed by atoms with Crippen molar-refractivity contribution in [2.45, 2.75) is 24.8 Å². The van der Waals surface area contributed by atoms with Gasteiger partial charge in [0.05, 0.1) is 5.69 Å². The van der Waals surface area contributed by atoms with Crippen LogP contribution in [-0.2, 0) is 10.0 Å². The second kappa shape index (κ2) is 5.34. The van der Waals surface area contributed by atoms with E-state index in [1.54, 1.807) is 32.0 Å². The number of para-hydroxylation sites is 1. The highest BCUT2D eigenvalue weighted by Crippen LogP contribution is 2.16. The first kappa shape index (κ1) is 14.2. The second-order valence-electron chi connectivity index (χ2n) is 3.31. The largest absolute Gasteiger partial charge is 0.398 e. The number of nitrogens with one attached hydrogen (secondary N) is 1. The van der Waals surface area contributed by atoms with Crippen molar-refractivity contribution < 1.29 is 8.42 Å². The van der Waals surface area contributed by atoms with E-state index in [1.165, 1.54) is 6.07 Å². The molecular weight excluding hydrogens is 236 g/mol. The number of anilines is 1. The molecule has 6 heteroatoms. The van der Waals surface area contributed by atoms with Gasteiger partial charge in [-0.15, -0.1) is 12.4 Å². The van der Waals surface area contributed by atoms with Crippen LogP contribution in [0.2, 0.25) is 0 Å². The molecule has 0 fully saturated rings. The van der Waals surface area contributed by atoms with E-state index in [0.29, 0.717) is 0 Å². The van der Waals surface area contributed by atoms with Gasteiger partial charge in [0.15, 0.2) is 0 Å². The minimum atomic E-state index is -3.47. The van der Waals surface area contributed by atoms with Crippen LogP contribution in [0.3, 0.4) is 0 Å². The number of sulfonamides is 1. The fourth-order valence-corrected chi connectivity index (χ4v) is 2.48. The van der Waals surface area contributed by atoms with Crippen LogP contribution in [-0.4, -0.2) is 14.5 Å². The maximum atomic E-state index is 11.7. The molecule has 0 aliphatic heterocycles. The molecule has 3 N–H and O–H groups in total. The first-order valence-electron chi connectivity index (χ1n) is 4.30. The van der Waals surface area contributed by atoms with E-state index in [2.05, 4.69) is 4.72 Å². The van der Waals surface area contributed by atoms with Gasteiger partial charge >= 0.3 is 0 Å². The third-order valence-electron chi connectivity index (χ3n) is 1.60. The molecule has 0 unspecified atom stereocenters. The summed E-state index contributed by atoms with van der Waals surface area (Å²) in [4.78, 5) is 0.133. The van der Waals surface area contributed by atoms with E-state index < -0.39 is 10.0 Å². The predicted molar refractivity (Wildman–Crippen MR) is 63.6 cm³/mol. The van der Waals surface area contributed by atoms with Gasteiger partial charge in [0.1, 0.15) is 4.90 Å². The fraction of sp³-hybridized carbons (Fsp3) is 0.333. The second-order valence-corrected chi connectivity index (χ2v) is 5.00. The molecule has 86 valence electrons. The Bertz CT molecular complexity index is 418. The first-order chi connectivity index (χ1) is 6.43. The summed E-state index contributed by atoms with van der Waals surface area (Å²) in [5.74, 6) is 0.